The average Bonchev–Trinajstić information content (AvgIpc) is 2.07. The molecule has 1 unspecified atom stereocenters. The number of carboxylic acid groups (broad SMARTS) is 2. The lowest BCUT2D eigenvalue weighted by atomic mass is 9.75. The van der Waals surface area contributed by atoms with Crippen molar-refractivity contribution in [2.45, 2.75) is 46.4 Å². The third kappa shape index (κ3) is 5.83. The first-order valence-corrected chi connectivity index (χ1v) is 8.43. The summed E-state index contributed by atoms with van der Waals surface area (Å²) in [6.45, 7) is 9.25. The van der Waals surface area contributed by atoms with Gasteiger partial charge in [0.1, 0.15) is 6.10 Å². The second kappa shape index (κ2) is 6.16. The van der Waals surface area contributed by atoms with Gasteiger partial charge in [-0.25, -0.2) is 4.79 Å². The fourth-order valence-corrected chi connectivity index (χ4v) is 2.57. The van der Waals surface area contributed by atoms with Gasteiger partial charge in [0.05, 0.1) is 6.42 Å². The van der Waals surface area contributed by atoms with Crippen molar-refractivity contribution in [2.75, 3.05) is 0 Å². The number of hydrogen-bond acceptors (Lipinski definition) is 3. The molecule has 0 amide bonds. The fraction of sp³-hybridized carbons (Fsp3) is 0.818. The normalized spacial score (nSPS) is 15.6. The summed E-state index contributed by atoms with van der Waals surface area (Å²) in [6.07, 6.45) is -1.22. The number of carbonyl (C=O) groups is 2. The Bertz CT molecular complexity index is 282. The number of carboxylic acids is 2. The average molecular weight is 262 g/mol. The first kappa shape index (κ1) is 16.1. The second-order valence-electron chi connectivity index (χ2n) is 5.51. The third-order valence-corrected chi connectivity index (χ3v) is 3.37. The monoisotopic (exact) mass is 262 g/mol. The van der Waals surface area contributed by atoms with E-state index in [1.165, 1.54) is 0 Å². The van der Waals surface area contributed by atoms with Gasteiger partial charge in [-0.1, -0.05) is 20.8 Å². The highest BCUT2D eigenvalue weighted by atomic mass is 28.3. The van der Waals surface area contributed by atoms with Gasteiger partial charge < -0.3 is 14.6 Å². The van der Waals surface area contributed by atoms with Gasteiger partial charge in [0.25, 0.3) is 0 Å². The predicted molar refractivity (Wildman–Crippen MR) is 66.6 cm³/mol. The highest BCUT2D eigenvalue weighted by molar-refractivity contribution is 6.48. The smallest absolute Gasteiger partial charge is 0.331 e. The summed E-state index contributed by atoms with van der Waals surface area (Å²) in [4.78, 5) is 22.0. The van der Waals surface area contributed by atoms with Gasteiger partial charge in [0, 0.05) is 5.92 Å². The Labute approximate surface area is 104 Å². The molecule has 0 aliphatic rings. The van der Waals surface area contributed by atoms with Crippen LogP contribution in [-0.2, 0) is 14.0 Å². The van der Waals surface area contributed by atoms with Crippen LogP contribution in [0.1, 0.15) is 27.2 Å². The van der Waals surface area contributed by atoms with E-state index in [1.54, 1.807) is 0 Å². The second-order valence-corrected chi connectivity index (χ2v) is 7.88. The highest BCUT2D eigenvalue weighted by Gasteiger charge is 2.39. The SMILES string of the molecule is C[SiH](C)O[C@@H](C(=O)O)C(CC(=O)O)C(C)(C)C. The Morgan fingerprint density at radius 1 is 1.24 bits per heavy atom. The van der Waals surface area contributed by atoms with Gasteiger partial charge in [-0.3, -0.25) is 4.79 Å². The lowest BCUT2D eigenvalue weighted by Gasteiger charge is -2.34. The molecule has 2 N–H and O–H groups in total. The van der Waals surface area contributed by atoms with E-state index in [0.717, 1.165) is 0 Å². The van der Waals surface area contributed by atoms with Crippen LogP contribution in [0.4, 0.5) is 0 Å². The Morgan fingerprint density at radius 2 is 1.71 bits per heavy atom. The van der Waals surface area contributed by atoms with E-state index in [9.17, 15) is 14.7 Å². The zero-order valence-corrected chi connectivity index (χ0v) is 12.2. The lowest BCUT2D eigenvalue weighted by molar-refractivity contribution is -0.153. The van der Waals surface area contributed by atoms with Gasteiger partial charge in [-0.2, -0.15) is 0 Å². The molecule has 0 fully saturated rings. The van der Waals surface area contributed by atoms with Crippen LogP contribution >= 0.6 is 0 Å². The molecule has 0 bridgehead atoms. The molecule has 0 saturated heterocycles. The summed E-state index contributed by atoms with van der Waals surface area (Å²) in [5.74, 6) is -2.61. The van der Waals surface area contributed by atoms with Crippen LogP contribution in [0.2, 0.25) is 13.1 Å². The molecule has 0 heterocycles. The summed E-state index contributed by atoms with van der Waals surface area (Å²) < 4.78 is 5.48. The van der Waals surface area contributed by atoms with Gasteiger partial charge in [-0.15, -0.1) is 0 Å². The van der Waals surface area contributed by atoms with E-state index < -0.39 is 38.4 Å². The van der Waals surface area contributed by atoms with Crippen LogP contribution < -0.4 is 0 Å². The standard InChI is InChI=1S/C11H22O5Si/c1-11(2,3)7(6-8(12)13)9(10(14)15)16-17(4)5/h7,9,17H,6H2,1-5H3,(H,12,13)(H,14,15)/t7?,9-/m1/s1. The molecule has 0 radical (unpaired) electrons. The Balaban J connectivity index is 5.07. The molecule has 5 nitrogen and oxygen atoms in total. The molecule has 6 heteroatoms. The van der Waals surface area contributed by atoms with E-state index in [-0.39, 0.29) is 6.42 Å². The summed E-state index contributed by atoms with van der Waals surface area (Å²) in [5, 5.41) is 18.0. The molecule has 0 saturated carbocycles. The van der Waals surface area contributed by atoms with Gasteiger partial charge >= 0.3 is 11.9 Å². The van der Waals surface area contributed by atoms with Crippen molar-refractivity contribution in [1.29, 1.82) is 0 Å². The largest absolute Gasteiger partial charge is 0.481 e. The van der Waals surface area contributed by atoms with E-state index >= 15 is 0 Å². The summed E-state index contributed by atoms with van der Waals surface area (Å²) in [5.41, 5.74) is -0.426. The molecule has 100 valence electrons. The maximum atomic E-state index is 11.2. The molecule has 0 spiro atoms. The minimum Gasteiger partial charge on any atom is -0.481 e. The number of aliphatic carboxylic acids is 2. The molecule has 0 aliphatic carbocycles. The minimum absolute atomic E-state index is 0.193. The third-order valence-electron chi connectivity index (χ3n) is 2.53. The molecule has 0 aliphatic heterocycles. The fourth-order valence-electron chi connectivity index (χ4n) is 1.67. The molecular weight excluding hydrogens is 240 g/mol. The van der Waals surface area contributed by atoms with E-state index in [4.69, 9.17) is 9.53 Å². The highest BCUT2D eigenvalue weighted by Crippen LogP contribution is 2.33. The number of hydrogen-bond donors (Lipinski definition) is 2. The molecule has 0 aromatic heterocycles. The molecule has 0 aromatic carbocycles. The summed E-state index contributed by atoms with van der Waals surface area (Å²) in [6, 6.07) is 0. The van der Waals surface area contributed by atoms with Crippen LogP contribution in [0.15, 0.2) is 0 Å². The molecule has 0 rings (SSSR count). The van der Waals surface area contributed by atoms with E-state index in [2.05, 4.69) is 0 Å². The zero-order chi connectivity index (χ0) is 13.8. The van der Waals surface area contributed by atoms with Crippen molar-refractivity contribution in [3.8, 4) is 0 Å². The van der Waals surface area contributed by atoms with Crippen molar-refractivity contribution in [1.82, 2.24) is 0 Å². The van der Waals surface area contributed by atoms with Crippen LogP contribution in [0.25, 0.3) is 0 Å². The van der Waals surface area contributed by atoms with Crippen molar-refractivity contribution in [3.63, 3.8) is 0 Å². The van der Waals surface area contributed by atoms with Gasteiger partial charge in [-0.05, 0) is 18.5 Å². The van der Waals surface area contributed by atoms with E-state index in [1.807, 2.05) is 33.9 Å². The van der Waals surface area contributed by atoms with Gasteiger partial charge in [0.2, 0.25) is 0 Å². The molecule has 2 atom stereocenters. The quantitative estimate of drug-likeness (QED) is 0.710. The zero-order valence-electron chi connectivity index (χ0n) is 11.1. The van der Waals surface area contributed by atoms with Crippen molar-refractivity contribution in [3.05, 3.63) is 0 Å². The van der Waals surface area contributed by atoms with Crippen molar-refractivity contribution >= 4 is 21.0 Å². The first-order valence-electron chi connectivity index (χ1n) is 5.65. The summed E-state index contributed by atoms with van der Waals surface area (Å²) in [7, 11) is -1.53. The van der Waals surface area contributed by atoms with Crippen LogP contribution in [-0.4, -0.2) is 37.3 Å². The van der Waals surface area contributed by atoms with Crippen LogP contribution in [0, 0.1) is 11.3 Å². The van der Waals surface area contributed by atoms with Crippen LogP contribution in [0.5, 0.6) is 0 Å². The topological polar surface area (TPSA) is 83.8 Å². The lowest BCUT2D eigenvalue weighted by Crippen LogP contribution is -2.43. The Kier molecular flexibility index (Phi) is 5.84. The van der Waals surface area contributed by atoms with Crippen molar-refractivity contribution in [2.24, 2.45) is 11.3 Å². The van der Waals surface area contributed by atoms with E-state index in [0.29, 0.717) is 0 Å². The number of rotatable bonds is 6. The molecular formula is C11H22O5Si. The van der Waals surface area contributed by atoms with Gasteiger partial charge in [0.15, 0.2) is 9.04 Å². The maximum absolute atomic E-state index is 11.2. The van der Waals surface area contributed by atoms with Crippen molar-refractivity contribution < 1.29 is 24.2 Å². The predicted octanol–water partition coefficient (Wildman–Crippen LogP) is 1.58. The van der Waals surface area contributed by atoms with Crippen LogP contribution in [0.3, 0.4) is 0 Å². The Morgan fingerprint density at radius 3 is 1.94 bits per heavy atom. The summed E-state index contributed by atoms with van der Waals surface area (Å²) >= 11 is 0. The minimum atomic E-state index is -1.53. The molecule has 0 aromatic rings. The first-order chi connectivity index (χ1) is 7.55. The maximum Gasteiger partial charge on any atom is 0.331 e. The molecule has 17 heavy (non-hydrogen) atoms. The Hall–Kier alpha value is -0.883.